The first-order valence-electron chi connectivity index (χ1n) is 35.7. The summed E-state index contributed by atoms with van der Waals surface area (Å²) in [5, 5.41) is 0.674. The van der Waals surface area contributed by atoms with Gasteiger partial charge in [0.25, 0.3) is 6.71 Å². The van der Waals surface area contributed by atoms with Gasteiger partial charge in [0.05, 0.1) is 27.7 Å². The van der Waals surface area contributed by atoms with Gasteiger partial charge in [-0.1, -0.05) is 210 Å². The van der Waals surface area contributed by atoms with Crippen LogP contribution in [0, 0.1) is 0 Å². The molecule has 414 valence electrons. The summed E-state index contributed by atoms with van der Waals surface area (Å²) in [4.78, 5) is 7.05. The molecular formula is C80H64BN3OS. The van der Waals surface area contributed by atoms with E-state index >= 15 is 0 Å². The number of rotatable bonds is 7. The van der Waals surface area contributed by atoms with E-state index in [1.165, 1.54) is 16.9 Å². The van der Waals surface area contributed by atoms with Crippen LogP contribution in [0.15, 0.2) is 253 Å². The lowest BCUT2D eigenvalue weighted by molar-refractivity contribution is 0.195. The summed E-state index contributed by atoms with van der Waals surface area (Å²) < 4.78 is 123. The molecule has 17 rings (SSSR count). The first kappa shape index (κ1) is 40.1. The van der Waals surface area contributed by atoms with Gasteiger partial charge >= 0.3 is 0 Å². The molecule has 0 bridgehead atoms. The number of anilines is 8. The smallest absolute Gasteiger partial charge is 0.264 e. The van der Waals surface area contributed by atoms with Crippen LogP contribution < -0.4 is 30.4 Å². The second kappa shape index (κ2) is 19.1. The van der Waals surface area contributed by atoms with Crippen molar-refractivity contribution in [2.75, 3.05) is 14.7 Å². The Kier molecular flexibility index (Phi) is 8.88. The lowest BCUT2D eigenvalue weighted by Gasteiger charge is -2.51. The Hall–Kier alpha value is -9.36. The average molecular weight is 1140 g/mol. The number of nitrogens with zero attached hydrogens (tertiary/aromatic N) is 3. The first-order valence-corrected chi connectivity index (χ1v) is 30.6. The van der Waals surface area contributed by atoms with Crippen molar-refractivity contribution in [3.05, 3.63) is 260 Å². The van der Waals surface area contributed by atoms with E-state index < -0.39 is 71.6 Å². The van der Waals surface area contributed by atoms with Crippen molar-refractivity contribution in [2.45, 2.75) is 76.7 Å². The predicted octanol–water partition coefficient (Wildman–Crippen LogP) is 20.6. The van der Waals surface area contributed by atoms with Crippen molar-refractivity contribution in [2.24, 2.45) is 0 Å². The lowest BCUT2D eigenvalue weighted by Crippen LogP contribution is -2.60. The van der Waals surface area contributed by atoms with Crippen LogP contribution in [0.4, 0.5) is 45.5 Å². The minimum atomic E-state index is -0.767. The van der Waals surface area contributed by atoms with Crippen molar-refractivity contribution < 1.29 is 20.9 Å². The van der Waals surface area contributed by atoms with Gasteiger partial charge in [0.15, 0.2) is 0 Å². The molecule has 2 unspecified atom stereocenters. The summed E-state index contributed by atoms with van der Waals surface area (Å²) in [6, 6.07) is 56.5. The molecule has 0 saturated heterocycles. The maximum absolute atomic E-state index is 11.1. The summed E-state index contributed by atoms with van der Waals surface area (Å²) >= 11 is 1.38. The van der Waals surface area contributed by atoms with Gasteiger partial charge in [-0.3, -0.25) is 0 Å². The van der Waals surface area contributed by atoms with E-state index in [-0.39, 0.29) is 57.1 Å². The molecule has 0 spiro atoms. The summed E-state index contributed by atoms with van der Waals surface area (Å²) in [6.07, 6.45) is 3.91. The van der Waals surface area contributed by atoms with Gasteiger partial charge in [0.1, 0.15) is 11.2 Å². The molecule has 2 aromatic heterocycles. The highest BCUT2D eigenvalue weighted by atomic mass is 32.1. The fourth-order valence-electron chi connectivity index (χ4n) is 14.6. The van der Waals surface area contributed by atoms with E-state index in [0.29, 0.717) is 38.2 Å². The zero-order chi connectivity index (χ0) is 68.1. The van der Waals surface area contributed by atoms with Gasteiger partial charge in [0, 0.05) is 70.9 Å². The fraction of sp³-hybridized carbons (Fsp3) is 0.150. The van der Waals surface area contributed by atoms with Gasteiger partial charge in [-0.15, -0.1) is 11.3 Å². The highest BCUT2D eigenvalue weighted by molar-refractivity contribution is 7.33. The van der Waals surface area contributed by atoms with E-state index in [1.54, 1.807) is 0 Å². The van der Waals surface area contributed by atoms with Crippen molar-refractivity contribution in [3.8, 4) is 44.5 Å². The number of hydrogen-bond acceptors (Lipinski definition) is 5. The van der Waals surface area contributed by atoms with Crippen LogP contribution in [0.1, 0.15) is 87.9 Å². The predicted molar refractivity (Wildman–Crippen MR) is 366 cm³/mol. The highest BCUT2D eigenvalue weighted by Crippen LogP contribution is 2.63. The molecule has 5 heterocycles. The SMILES string of the molecule is [2H]c1c([2H])c([2H])c(-c2c([2H])c([2H])c3c(oc4cc5c(c([2H])c43)N(c3cccc(-c4ccccc4)c3)c3cc(N4c6cc(-c7ccccc7)ccc6C6(C)CCCCC46C)cc4c3B5c3sc5c([2H])c([2H])c(C(C)(C)C)c([2H])c5c3N4c3cccc(-c4ccccc4)c3)c2[2H])c([2H])c1[2H]. The van der Waals surface area contributed by atoms with Crippen LogP contribution in [0.3, 0.4) is 0 Å². The fourth-order valence-corrected chi connectivity index (χ4v) is 15.9. The van der Waals surface area contributed by atoms with E-state index in [0.717, 1.165) is 97.7 Å². The van der Waals surface area contributed by atoms with E-state index in [2.05, 4.69) is 144 Å². The van der Waals surface area contributed by atoms with Crippen LogP contribution in [0.5, 0.6) is 0 Å². The number of thiophene rings is 1. The van der Waals surface area contributed by atoms with Gasteiger partial charge in [-0.05, 0) is 170 Å². The second-order valence-corrected chi connectivity index (χ2v) is 26.0. The Morgan fingerprint density at radius 1 is 0.488 bits per heavy atom. The molecule has 2 atom stereocenters. The third kappa shape index (κ3) is 7.68. The van der Waals surface area contributed by atoms with Crippen LogP contribution in [0.2, 0.25) is 0 Å². The second-order valence-electron chi connectivity index (χ2n) is 25.0. The molecule has 1 saturated carbocycles. The number of hydrogen-bond donors (Lipinski definition) is 0. The quantitative estimate of drug-likeness (QED) is 0.148. The molecule has 4 nitrogen and oxygen atoms in total. The molecule has 0 radical (unpaired) electrons. The monoisotopic (exact) mass is 1140 g/mol. The number of benzene rings is 11. The van der Waals surface area contributed by atoms with Gasteiger partial charge in [0.2, 0.25) is 0 Å². The molecule has 0 N–H and O–H groups in total. The molecule has 1 aliphatic carbocycles. The minimum Gasteiger partial charge on any atom is -0.456 e. The Labute approximate surface area is 525 Å². The lowest BCUT2D eigenvalue weighted by atomic mass is 9.36. The summed E-state index contributed by atoms with van der Waals surface area (Å²) in [6.45, 7) is 10.1. The minimum absolute atomic E-state index is 0.00408. The summed E-state index contributed by atoms with van der Waals surface area (Å²) in [7, 11) is 0. The molecule has 86 heavy (non-hydrogen) atoms. The maximum atomic E-state index is 11.1. The third-order valence-corrected chi connectivity index (χ3v) is 20.2. The van der Waals surface area contributed by atoms with Crippen LogP contribution in [-0.2, 0) is 10.8 Å². The summed E-state index contributed by atoms with van der Waals surface area (Å²) in [5.74, 6) is 0. The topological polar surface area (TPSA) is 22.9 Å². The standard InChI is InChI=1S/C80H64BN3OS/c1-78(2,3)59-36-39-74-65(46-59)76-77(86-74)81-67-50-73-64(63-37-34-58(45-72(63)85-73)54-28-16-9-17-29-54)49-69(67)82(60-32-20-30-55(42-60)51-22-10-6-11-23-51)70-47-62(48-71(75(70)81)83(76)61-33-21-31-56(43-61)52-24-12-7-13-25-52)84-68-44-57(53-26-14-8-15-27-53)35-38-66(68)79(4)40-18-19-41-80(79,84)5/h6-17,20-39,42-50H,18-19,40-41H2,1-5H3/i9D,16D,17D,28D,29D,34D,36D,37D,39D,45D,46D,49D. The summed E-state index contributed by atoms with van der Waals surface area (Å²) in [5.41, 5.74) is 13.0. The highest BCUT2D eigenvalue weighted by Gasteiger charge is 2.58. The molecule has 4 aliphatic rings. The van der Waals surface area contributed by atoms with Crippen molar-refractivity contribution in [3.63, 3.8) is 0 Å². The van der Waals surface area contributed by atoms with Crippen molar-refractivity contribution in [1.29, 1.82) is 0 Å². The molecule has 3 aliphatic heterocycles. The largest absolute Gasteiger partial charge is 0.456 e. The zero-order valence-electron chi connectivity index (χ0n) is 60.3. The molecule has 0 amide bonds. The first-order chi connectivity index (χ1) is 47.0. The van der Waals surface area contributed by atoms with Crippen LogP contribution >= 0.6 is 11.3 Å². The Bertz CT molecular complexity index is 5590. The Balaban J connectivity index is 1.05. The molecule has 13 aromatic rings. The normalized spacial score (nSPS) is 19.6. The zero-order valence-corrected chi connectivity index (χ0v) is 49.1. The molecule has 11 aromatic carbocycles. The number of furan rings is 1. The van der Waals surface area contributed by atoms with Gasteiger partial charge < -0.3 is 19.1 Å². The molecule has 6 heteroatoms. The van der Waals surface area contributed by atoms with E-state index in [9.17, 15) is 9.60 Å². The maximum Gasteiger partial charge on any atom is 0.264 e. The van der Waals surface area contributed by atoms with E-state index in [1.807, 2.05) is 81.4 Å². The van der Waals surface area contributed by atoms with Gasteiger partial charge in [-0.2, -0.15) is 0 Å². The Morgan fingerprint density at radius 3 is 1.79 bits per heavy atom. The molecular weight excluding hydrogens is 1060 g/mol. The van der Waals surface area contributed by atoms with Crippen LogP contribution in [0.25, 0.3) is 76.5 Å². The van der Waals surface area contributed by atoms with E-state index in [4.69, 9.17) is 11.3 Å². The molecule has 1 fully saturated rings. The third-order valence-electron chi connectivity index (χ3n) is 19.1. The van der Waals surface area contributed by atoms with Crippen molar-refractivity contribution in [1.82, 2.24) is 0 Å². The van der Waals surface area contributed by atoms with Crippen molar-refractivity contribution >= 4 is 111 Å². The Morgan fingerprint density at radius 2 is 1.12 bits per heavy atom. The van der Waals surface area contributed by atoms with Gasteiger partial charge in [-0.25, -0.2) is 0 Å². The van der Waals surface area contributed by atoms with Crippen LogP contribution in [-0.4, -0.2) is 12.3 Å². The number of fused-ring (bicyclic) bond motifs is 12. The average Bonchev–Trinajstić information content (AvgIpc) is 1.41.